The molecule has 0 atom stereocenters. The van der Waals surface area contributed by atoms with E-state index >= 15 is 0 Å². The number of aromatic nitrogens is 2. The maximum atomic E-state index is 11.9. The van der Waals surface area contributed by atoms with Gasteiger partial charge in [0.25, 0.3) is 10.0 Å². The molecule has 7 heteroatoms. The van der Waals surface area contributed by atoms with Crippen molar-refractivity contribution in [3.05, 3.63) is 40.1 Å². The van der Waals surface area contributed by atoms with E-state index in [4.69, 9.17) is 5.14 Å². The summed E-state index contributed by atoms with van der Waals surface area (Å²) in [7, 11) is -4.07. The van der Waals surface area contributed by atoms with Gasteiger partial charge in [-0.15, -0.1) is 0 Å². The third kappa shape index (κ3) is 2.55. The fourth-order valence-corrected chi connectivity index (χ4v) is 3.41. The number of benzene rings is 1. The molecule has 2 rings (SSSR count). The van der Waals surface area contributed by atoms with Crippen molar-refractivity contribution in [3.63, 3.8) is 0 Å². The van der Waals surface area contributed by atoms with Crippen LogP contribution >= 0.6 is 0 Å². The fourth-order valence-electron chi connectivity index (χ4n) is 2.56. The minimum absolute atomic E-state index is 0.0168. The number of nitrogens with two attached hydrogens (primary N) is 1. The lowest BCUT2D eigenvalue weighted by atomic mass is 10.1. The first-order valence-corrected chi connectivity index (χ1v) is 7.82. The molecule has 6 nitrogen and oxygen atoms in total. The van der Waals surface area contributed by atoms with Crippen LogP contribution in [0.1, 0.15) is 27.9 Å². The summed E-state index contributed by atoms with van der Waals surface area (Å²) < 4.78 is 25.0. The van der Waals surface area contributed by atoms with Gasteiger partial charge in [-0.1, -0.05) is 17.7 Å². The van der Waals surface area contributed by atoms with E-state index in [9.17, 15) is 13.7 Å². The van der Waals surface area contributed by atoms with Crippen molar-refractivity contribution in [2.45, 2.75) is 32.7 Å². The second kappa shape index (κ2) is 4.98. The van der Waals surface area contributed by atoms with Gasteiger partial charge in [-0.25, -0.2) is 18.2 Å². The number of hydrogen-bond donors (Lipinski definition) is 1. The summed E-state index contributed by atoms with van der Waals surface area (Å²) in [5.74, 6) is 0. The Labute approximate surface area is 123 Å². The Morgan fingerprint density at radius 3 is 2.14 bits per heavy atom. The van der Waals surface area contributed by atoms with Crippen molar-refractivity contribution in [3.8, 4) is 11.8 Å². The highest BCUT2D eigenvalue weighted by Crippen LogP contribution is 2.26. The van der Waals surface area contributed by atoms with Gasteiger partial charge in [-0.3, -0.25) is 0 Å². The zero-order valence-electron chi connectivity index (χ0n) is 12.3. The van der Waals surface area contributed by atoms with Crippen LogP contribution in [-0.2, 0) is 10.0 Å². The lowest BCUT2D eigenvalue weighted by Gasteiger charge is -2.13. The molecule has 21 heavy (non-hydrogen) atoms. The number of hydrogen-bond acceptors (Lipinski definition) is 4. The zero-order chi connectivity index (χ0) is 15.9. The fraction of sp³-hybridized carbons (Fsp3) is 0.286. The van der Waals surface area contributed by atoms with Gasteiger partial charge in [0, 0.05) is 0 Å². The Hall–Kier alpha value is -2.17. The van der Waals surface area contributed by atoms with Crippen LogP contribution in [0.4, 0.5) is 0 Å². The SMILES string of the molecule is Cc1cc(C)c(-n2nc(C)c(C#N)c2S(N)(=O)=O)c(C)c1. The van der Waals surface area contributed by atoms with Gasteiger partial charge in [0.15, 0.2) is 5.03 Å². The molecule has 0 fully saturated rings. The lowest BCUT2D eigenvalue weighted by molar-refractivity contribution is 0.587. The molecule has 2 N–H and O–H groups in total. The molecule has 0 amide bonds. The minimum Gasteiger partial charge on any atom is -0.223 e. The van der Waals surface area contributed by atoms with Crippen LogP contribution in [-0.4, -0.2) is 18.2 Å². The van der Waals surface area contributed by atoms with Crippen molar-refractivity contribution >= 4 is 10.0 Å². The normalized spacial score (nSPS) is 11.4. The average molecular weight is 304 g/mol. The molecule has 0 spiro atoms. The van der Waals surface area contributed by atoms with E-state index in [1.165, 1.54) is 4.68 Å². The first-order chi connectivity index (χ1) is 9.66. The second-order valence-corrected chi connectivity index (χ2v) is 6.56. The van der Waals surface area contributed by atoms with Gasteiger partial charge in [-0.05, 0) is 38.8 Å². The van der Waals surface area contributed by atoms with Crippen LogP contribution in [0.3, 0.4) is 0 Å². The number of nitrogens with zero attached hydrogens (tertiary/aromatic N) is 3. The highest BCUT2D eigenvalue weighted by molar-refractivity contribution is 7.89. The molecule has 0 saturated heterocycles. The van der Waals surface area contributed by atoms with Gasteiger partial charge < -0.3 is 0 Å². The quantitative estimate of drug-likeness (QED) is 0.910. The van der Waals surface area contributed by atoms with Crippen LogP contribution in [0.2, 0.25) is 0 Å². The van der Waals surface area contributed by atoms with Crippen LogP contribution in [0, 0.1) is 39.0 Å². The molecule has 0 saturated carbocycles. The number of rotatable bonds is 2. The van der Waals surface area contributed by atoms with Gasteiger partial charge in [-0.2, -0.15) is 10.4 Å². The Bertz CT molecular complexity index is 850. The molecular formula is C14H16N4O2S. The number of sulfonamides is 1. The van der Waals surface area contributed by atoms with Crippen molar-refractivity contribution in [2.24, 2.45) is 5.14 Å². The summed E-state index contributed by atoms with van der Waals surface area (Å²) in [5.41, 5.74) is 3.75. The maximum absolute atomic E-state index is 11.9. The van der Waals surface area contributed by atoms with Crippen molar-refractivity contribution in [2.75, 3.05) is 0 Å². The van der Waals surface area contributed by atoms with Crippen molar-refractivity contribution in [1.29, 1.82) is 5.26 Å². The first kappa shape index (κ1) is 15.2. The molecule has 0 aliphatic carbocycles. The standard InChI is InChI=1S/C14H16N4O2S/c1-8-5-9(2)13(10(3)6-8)18-14(21(16,19)20)12(7-15)11(4)17-18/h5-6H,1-4H3,(H2,16,19,20). The summed E-state index contributed by atoms with van der Waals surface area (Å²) in [6.07, 6.45) is 0. The van der Waals surface area contributed by atoms with E-state index < -0.39 is 10.0 Å². The molecule has 110 valence electrons. The Morgan fingerprint density at radius 2 is 1.71 bits per heavy atom. The first-order valence-electron chi connectivity index (χ1n) is 6.27. The topological polar surface area (TPSA) is 102 Å². The van der Waals surface area contributed by atoms with Crippen molar-refractivity contribution in [1.82, 2.24) is 9.78 Å². The van der Waals surface area contributed by atoms with E-state index in [1.54, 1.807) is 6.92 Å². The van der Waals surface area contributed by atoms with Gasteiger partial charge in [0.2, 0.25) is 0 Å². The Morgan fingerprint density at radius 1 is 1.19 bits per heavy atom. The molecule has 1 heterocycles. The average Bonchev–Trinajstić information content (AvgIpc) is 2.64. The Kier molecular flexibility index (Phi) is 3.61. The molecule has 0 aliphatic rings. The summed E-state index contributed by atoms with van der Waals surface area (Å²) in [6.45, 7) is 7.28. The molecule has 1 aromatic heterocycles. The molecule has 0 bridgehead atoms. The zero-order valence-corrected chi connectivity index (χ0v) is 13.1. The summed E-state index contributed by atoms with van der Waals surface area (Å²) in [4.78, 5) is 0. The van der Waals surface area contributed by atoms with E-state index in [2.05, 4.69) is 5.10 Å². The molecule has 0 unspecified atom stereocenters. The third-order valence-corrected chi connectivity index (χ3v) is 4.16. The van der Waals surface area contributed by atoms with Gasteiger partial charge in [0.05, 0.1) is 11.4 Å². The van der Waals surface area contributed by atoms with E-state index in [0.717, 1.165) is 16.7 Å². The van der Waals surface area contributed by atoms with E-state index in [0.29, 0.717) is 11.4 Å². The number of primary sulfonamides is 1. The lowest BCUT2D eigenvalue weighted by Crippen LogP contribution is -2.19. The number of aryl methyl sites for hydroxylation is 4. The Balaban J connectivity index is 2.94. The van der Waals surface area contributed by atoms with Crippen LogP contribution < -0.4 is 5.14 Å². The maximum Gasteiger partial charge on any atom is 0.257 e. The molecule has 0 aliphatic heterocycles. The predicted octanol–water partition coefficient (Wildman–Crippen LogP) is 1.63. The monoisotopic (exact) mass is 304 g/mol. The summed E-state index contributed by atoms with van der Waals surface area (Å²) in [6, 6.07) is 5.73. The predicted molar refractivity (Wildman–Crippen MR) is 78.6 cm³/mol. The van der Waals surface area contributed by atoms with Gasteiger partial charge in [0.1, 0.15) is 11.6 Å². The summed E-state index contributed by atoms with van der Waals surface area (Å²) >= 11 is 0. The highest BCUT2D eigenvalue weighted by atomic mass is 32.2. The number of nitriles is 1. The van der Waals surface area contributed by atoms with Crippen LogP contribution in [0.25, 0.3) is 5.69 Å². The van der Waals surface area contributed by atoms with Crippen LogP contribution in [0.15, 0.2) is 17.2 Å². The smallest absolute Gasteiger partial charge is 0.223 e. The van der Waals surface area contributed by atoms with Crippen LogP contribution in [0.5, 0.6) is 0 Å². The van der Waals surface area contributed by atoms with E-state index in [-0.39, 0.29) is 10.6 Å². The molecule has 2 aromatic rings. The van der Waals surface area contributed by atoms with Crippen molar-refractivity contribution < 1.29 is 8.42 Å². The molecule has 1 aromatic carbocycles. The summed E-state index contributed by atoms with van der Waals surface area (Å²) in [5, 5.41) is 18.4. The third-order valence-electron chi connectivity index (χ3n) is 3.25. The van der Waals surface area contributed by atoms with E-state index in [1.807, 2.05) is 39.0 Å². The molecule has 0 radical (unpaired) electrons. The largest absolute Gasteiger partial charge is 0.257 e. The highest BCUT2D eigenvalue weighted by Gasteiger charge is 2.26. The van der Waals surface area contributed by atoms with Gasteiger partial charge >= 0.3 is 0 Å². The second-order valence-electron chi connectivity index (χ2n) is 5.08. The molecular weight excluding hydrogens is 288 g/mol. The minimum atomic E-state index is -4.07.